The van der Waals surface area contributed by atoms with Gasteiger partial charge in [0.25, 0.3) is 0 Å². The third-order valence-electron chi connectivity index (χ3n) is 1.77. The lowest BCUT2D eigenvalue weighted by Gasteiger charge is -2.21. The number of nitrogens with one attached hydrogen (secondary N) is 1. The molecule has 108 valence electrons. The highest BCUT2D eigenvalue weighted by Gasteiger charge is 2.26. The van der Waals surface area contributed by atoms with Crippen LogP contribution in [0.3, 0.4) is 0 Å². The van der Waals surface area contributed by atoms with Crippen LogP contribution < -0.4 is 5.32 Å². The summed E-state index contributed by atoms with van der Waals surface area (Å²) in [5.74, 6) is -3.59. The van der Waals surface area contributed by atoms with Gasteiger partial charge in [0.2, 0.25) is 0 Å². The number of carboxylic acids is 2. The molecule has 0 saturated carbocycles. The number of alkyl carbamates (subject to hydrolysis) is 1. The summed E-state index contributed by atoms with van der Waals surface area (Å²) < 4.78 is 4.84. The molecule has 0 saturated heterocycles. The van der Waals surface area contributed by atoms with Gasteiger partial charge in [0.05, 0.1) is 0 Å². The third kappa shape index (κ3) is 8.58. The molecule has 8 nitrogen and oxygen atoms in total. The Balaban J connectivity index is 4.51. The second-order valence-corrected chi connectivity index (χ2v) is 4.85. The molecule has 0 aromatic rings. The Bertz CT molecular complexity index is 383. The van der Waals surface area contributed by atoms with Gasteiger partial charge < -0.3 is 20.3 Å². The number of carbonyl (C=O) groups is 4. The van der Waals surface area contributed by atoms with Crippen molar-refractivity contribution < 1.29 is 34.1 Å². The zero-order chi connectivity index (χ0) is 15.2. The third-order valence-corrected chi connectivity index (χ3v) is 1.77. The van der Waals surface area contributed by atoms with E-state index in [1.54, 1.807) is 20.8 Å². The molecule has 0 fully saturated rings. The van der Waals surface area contributed by atoms with Crippen LogP contribution in [0.4, 0.5) is 4.79 Å². The number of ether oxygens (including phenoxy) is 1. The summed E-state index contributed by atoms with van der Waals surface area (Å²) in [6, 6.07) is -1.51. The van der Waals surface area contributed by atoms with Gasteiger partial charge in [-0.25, -0.2) is 9.59 Å². The zero-order valence-corrected chi connectivity index (χ0v) is 10.9. The van der Waals surface area contributed by atoms with E-state index in [9.17, 15) is 19.2 Å². The topological polar surface area (TPSA) is 130 Å². The van der Waals surface area contributed by atoms with Crippen LogP contribution in [0.5, 0.6) is 0 Å². The van der Waals surface area contributed by atoms with Crippen LogP contribution in [-0.2, 0) is 19.1 Å². The number of carbonyl (C=O) groups excluding carboxylic acids is 2. The monoisotopic (exact) mass is 275 g/mol. The van der Waals surface area contributed by atoms with Crippen LogP contribution in [0.1, 0.15) is 33.6 Å². The second kappa shape index (κ2) is 6.72. The fourth-order valence-electron chi connectivity index (χ4n) is 1.12. The molecule has 0 aromatic carbocycles. The van der Waals surface area contributed by atoms with Gasteiger partial charge >= 0.3 is 18.0 Å². The number of aliphatic carboxylic acids is 2. The van der Waals surface area contributed by atoms with E-state index >= 15 is 0 Å². The average molecular weight is 275 g/mol. The summed E-state index contributed by atoms with van der Waals surface area (Å²) in [4.78, 5) is 43.7. The minimum atomic E-state index is -1.51. The minimum Gasteiger partial charge on any atom is -0.481 e. The summed E-state index contributed by atoms with van der Waals surface area (Å²) in [5.41, 5.74) is -0.807. The highest BCUT2D eigenvalue weighted by molar-refractivity contribution is 5.97. The molecular weight excluding hydrogens is 258 g/mol. The average Bonchev–Trinajstić information content (AvgIpc) is 2.11. The van der Waals surface area contributed by atoms with E-state index < -0.39 is 48.3 Å². The standard InChI is InChI=1S/C11H17NO7/c1-11(2,3)19-10(18)12-7(9(16)17)4-6(13)5-8(14)15/h7H,4-5H2,1-3H3,(H,12,18)(H,14,15)(H,16,17)/t7-/m0/s1. The predicted octanol–water partition coefficient (Wildman–Crippen LogP) is 0.398. The summed E-state index contributed by atoms with van der Waals surface area (Å²) in [6.45, 7) is 4.79. The van der Waals surface area contributed by atoms with E-state index in [1.807, 2.05) is 5.32 Å². The summed E-state index contributed by atoms with van der Waals surface area (Å²) in [6.07, 6.45) is -2.39. The van der Waals surface area contributed by atoms with Crippen LogP contribution >= 0.6 is 0 Å². The fourth-order valence-corrected chi connectivity index (χ4v) is 1.12. The lowest BCUT2D eigenvalue weighted by molar-refractivity contribution is -0.144. The van der Waals surface area contributed by atoms with Crippen LogP contribution in [-0.4, -0.2) is 45.7 Å². The van der Waals surface area contributed by atoms with Gasteiger partial charge in [-0.05, 0) is 20.8 Å². The predicted molar refractivity (Wildman–Crippen MR) is 62.7 cm³/mol. The van der Waals surface area contributed by atoms with Gasteiger partial charge in [-0.2, -0.15) is 0 Å². The quantitative estimate of drug-likeness (QED) is 0.598. The summed E-state index contributed by atoms with van der Waals surface area (Å²) in [5, 5.41) is 19.2. The molecule has 8 heteroatoms. The molecule has 0 rings (SSSR count). The highest BCUT2D eigenvalue weighted by Crippen LogP contribution is 2.07. The van der Waals surface area contributed by atoms with Crippen LogP contribution in [0.2, 0.25) is 0 Å². The zero-order valence-electron chi connectivity index (χ0n) is 10.9. The smallest absolute Gasteiger partial charge is 0.408 e. The van der Waals surface area contributed by atoms with Crippen molar-refractivity contribution in [1.29, 1.82) is 0 Å². The molecule has 0 aliphatic rings. The molecule has 0 heterocycles. The Labute approximate surface area is 109 Å². The molecule has 0 spiro atoms. The Morgan fingerprint density at radius 1 is 1.16 bits per heavy atom. The first-order valence-electron chi connectivity index (χ1n) is 5.47. The molecular formula is C11H17NO7. The Hall–Kier alpha value is -2.12. The van der Waals surface area contributed by atoms with Crippen molar-refractivity contribution in [2.75, 3.05) is 0 Å². The van der Waals surface area contributed by atoms with Crippen LogP contribution in [0.25, 0.3) is 0 Å². The van der Waals surface area contributed by atoms with Crippen molar-refractivity contribution in [2.24, 2.45) is 0 Å². The number of rotatable bonds is 6. The number of hydrogen-bond acceptors (Lipinski definition) is 5. The molecule has 3 N–H and O–H groups in total. The van der Waals surface area contributed by atoms with E-state index in [-0.39, 0.29) is 0 Å². The van der Waals surface area contributed by atoms with Crippen LogP contribution in [0.15, 0.2) is 0 Å². The minimum absolute atomic E-state index is 0.610. The van der Waals surface area contributed by atoms with Gasteiger partial charge in [0.15, 0.2) is 0 Å². The Kier molecular flexibility index (Phi) is 5.97. The first-order chi connectivity index (χ1) is 8.51. The maximum absolute atomic E-state index is 11.4. The van der Waals surface area contributed by atoms with E-state index in [1.165, 1.54) is 0 Å². The first kappa shape index (κ1) is 16.9. The van der Waals surface area contributed by atoms with Gasteiger partial charge in [-0.1, -0.05) is 0 Å². The lowest BCUT2D eigenvalue weighted by atomic mass is 10.1. The number of ketones is 1. The molecule has 0 aliphatic heterocycles. The van der Waals surface area contributed by atoms with E-state index in [4.69, 9.17) is 14.9 Å². The van der Waals surface area contributed by atoms with Crippen molar-refractivity contribution >= 4 is 23.8 Å². The maximum Gasteiger partial charge on any atom is 0.408 e. The maximum atomic E-state index is 11.4. The lowest BCUT2D eigenvalue weighted by Crippen LogP contribution is -2.44. The van der Waals surface area contributed by atoms with Gasteiger partial charge in [0.1, 0.15) is 23.8 Å². The van der Waals surface area contributed by atoms with Crippen molar-refractivity contribution in [2.45, 2.75) is 45.3 Å². The van der Waals surface area contributed by atoms with Crippen molar-refractivity contribution in [1.82, 2.24) is 5.32 Å². The number of Topliss-reactive ketones (excluding diaryl/α,β-unsaturated/α-hetero) is 1. The van der Waals surface area contributed by atoms with Gasteiger partial charge in [-0.3, -0.25) is 9.59 Å². The molecule has 0 aliphatic carbocycles. The fraction of sp³-hybridized carbons (Fsp3) is 0.636. The molecule has 0 radical (unpaired) electrons. The van der Waals surface area contributed by atoms with Gasteiger partial charge in [-0.15, -0.1) is 0 Å². The number of hydrogen-bond donors (Lipinski definition) is 3. The Morgan fingerprint density at radius 2 is 1.68 bits per heavy atom. The molecule has 1 atom stereocenters. The van der Waals surface area contributed by atoms with Gasteiger partial charge in [0, 0.05) is 6.42 Å². The van der Waals surface area contributed by atoms with Crippen LogP contribution in [0, 0.1) is 0 Å². The largest absolute Gasteiger partial charge is 0.481 e. The van der Waals surface area contributed by atoms with Crippen molar-refractivity contribution in [3.05, 3.63) is 0 Å². The summed E-state index contributed by atoms with van der Waals surface area (Å²) >= 11 is 0. The molecule has 19 heavy (non-hydrogen) atoms. The number of amides is 1. The van der Waals surface area contributed by atoms with Crippen molar-refractivity contribution in [3.63, 3.8) is 0 Å². The molecule has 0 aromatic heterocycles. The highest BCUT2D eigenvalue weighted by atomic mass is 16.6. The summed E-state index contributed by atoms with van der Waals surface area (Å²) in [7, 11) is 0. The SMILES string of the molecule is CC(C)(C)OC(=O)N[C@@H](CC(=O)CC(=O)O)C(=O)O. The van der Waals surface area contributed by atoms with E-state index in [0.717, 1.165) is 0 Å². The van der Waals surface area contributed by atoms with E-state index in [2.05, 4.69) is 0 Å². The second-order valence-electron chi connectivity index (χ2n) is 4.85. The number of carboxylic acid groups (broad SMARTS) is 2. The molecule has 1 amide bonds. The van der Waals surface area contributed by atoms with E-state index in [0.29, 0.717) is 0 Å². The Morgan fingerprint density at radius 3 is 2.05 bits per heavy atom. The van der Waals surface area contributed by atoms with Crippen molar-refractivity contribution in [3.8, 4) is 0 Å². The molecule has 0 unspecified atom stereocenters. The first-order valence-corrected chi connectivity index (χ1v) is 5.47. The normalized spacial score (nSPS) is 12.4. The molecule has 0 bridgehead atoms.